The monoisotopic (exact) mass is 541 g/mol. The molecule has 0 saturated heterocycles. The van der Waals surface area contributed by atoms with Crippen molar-refractivity contribution in [2.24, 2.45) is 16.9 Å². The molecule has 3 aliphatic rings. The first-order valence-corrected chi connectivity index (χ1v) is 14.1. The number of methoxy groups -OCH3 is 1. The Hall–Kier alpha value is -3.37. The molecular formula is C32H32ClN3O3. The van der Waals surface area contributed by atoms with E-state index in [9.17, 15) is 10.4 Å². The Bertz CT molecular complexity index is 1430. The van der Waals surface area contributed by atoms with Crippen molar-refractivity contribution in [3.63, 3.8) is 0 Å². The van der Waals surface area contributed by atoms with Gasteiger partial charge in [0.1, 0.15) is 11.8 Å². The standard InChI is InChI=1S/C32H32ClN3O3/c1-38-26-12-6-20(7-13-26)19-39-32(37)23-10-14-27-22(16-23)9-15-28-30(27)35-36(31(28)21-4-2-3-5-21)25-11-8-24(18-34)29(33)17-25/h6-8,10-14,16-17,21,28,31-32,37H,2-5,9,15,19H2,1H3. The molecule has 1 aliphatic heterocycles. The number of nitrogens with zero attached hydrogens (tertiary/aromatic N) is 3. The zero-order chi connectivity index (χ0) is 26.9. The van der Waals surface area contributed by atoms with Gasteiger partial charge in [-0.2, -0.15) is 10.4 Å². The topological polar surface area (TPSA) is 78.1 Å². The minimum atomic E-state index is -1.01. The Kier molecular flexibility index (Phi) is 7.31. The molecule has 3 aromatic rings. The highest BCUT2D eigenvalue weighted by Crippen LogP contribution is 2.45. The van der Waals surface area contributed by atoms with Gasteiger partial charge in [0, 0.05) is 17.0 Å². The molecule has 1 heterocycles. The highest BCUT2D eigenvalue weighted by molar-refractivity contribution is 6.32. The van der Waals surface area contributed by atoms with Crippen LogP contribution in [0.5, 0.6) is 5.75 Å². The average Bonchev–Trinajstić information content (AvgIpc) is 3.64. The number of hydrogen-bond acceptors (Lipinski definition) is 6. The van der Waals surface area contributed by atoms with Crippen LogP contribution in [0.2, 0.25) is 5.02 Å². The molecule has 200 valence electrons. The summed E-state index contributed by atoms with van der Waals surface area (Å²) in [5, 5.41) is 28.0. The van der Waals surface area contributed by atoms with Gasteiger partial charge in [0.05, 0.1) is 41.7 Å². The predicted octanol–water partition coefficient (Wildman–Crippen LogP) is 6.77. The van der Waals surface area contributed by atoms with E-state index in [0.717, 1.165) is 46.7 Å². The maximum Gasteiger partial charge on any atom is 0.181 e. The summed E-state index contributed by atoms with van der Waals surface area (Å²) in [5.74, 6) is 1.72. The fourth-order valence-corrected chi connectivity index (χ4v) is 6.69. The maximum absolute atomic E-state index is 10.8. The highest BCUT2D eigenvalue weighted by Gasteiger charge is 2.45. The third-order valence-electron chi connectivity index (χ3n) is 8.46. The zero-order valence-corrected chi connectivity index (χ0v) is 22.8. The van der Waals surface area contributed by atoms with E-state index in [2.05, 4.69) is 23.2 Å². The summed E-state index contributed by atoms with van der Waals surface area (Å²) < 4.78 is 11.0. The first-order chi connectivity index (χ1) is 19.1. The number of hydrogen-bond donors (Lipinski definition) is 1. The second-order valence-electron chi connectivity index (χ2n) is 10.7. The van der Waals surface area contributed by atoms with Crippen molar-refractivity contribution >= 4 is 23.0 Å². The number of rotatable bonds is 7. The number of ether oxygens (including phenoxy) is 2. The SMILES string of the molecule is COc1ccc(COC(O)c2ccc3c(c2)CCC2C3=NN(c3ccc(C#N)c(Cl)c3)C2C2CCCC2)cc1. The van der Waals surface area contributed by atoms with Crippen LogP contribution in [0, 0.1) is 23.2 Å². The largest absolute Gasteiger partial charge is 0.497 e. The first-order valence-electron chi connectivity index (χ1n) is 13.7. The number of nitriles is 1. The van der Waals surface area contributed by atoms with Crippen molar-refractivity contribution in [2.75, 3.05) is 12.1 Å². The summed E-state index contributed by atoms with van der Waals surface area (Å²) in [6.07, 6.45) is 5.90. The van der Waals surface area contributed by atoms with Crippen molar-refractivity contribution in [1.29, 1.82) is 5.26 Å². The number of benzene rings is 3. The van der Waals surface area contributed by atoms with Crippen LogP contribution in [0.15, 0.2) is 65.8 Å². The fraction of sp³-hybridized carbons (Fsp3) is 0.375. The van der Waals surface area contributed by atoms with Crippen LogP contribution in [-0.2, 0) is 17.8 Å². The van der Waals surface area contributed by atoms with E-state index < -0.39 is 6.29 Å². The summed E-state index contributed by atoms with van der Waals surface area (Å²) in [6.45, 7) is 0.308. The molecule has 6 rings (SSSR count). The number of anilines is 1. The van der Waals surface area contributed by atoms with Gasteiger partial charge >= 0.3 is 0 Å². The number of hydrazone groups is 1. The van der Waals surface area contributed by atoms with Gasteiger partial charge in [-0.15, -0.1) is 0 Å². The van der Waals surface area contributed by atoms with E-state index in [1.807, 2.05) is 42.5 Å². The quantitative estimate of drug-likeness (QED) is 0.334. The maximum atomic E-state index is 10.8. The van der Waals surface area contributed by atoms with E-state index in [-0.39, 0.29) is 6.04 Å². The van der Waals surface area contributed by atoms with Crippen LogP contribution in [0.3, 0.4) is 0 Å². The molecule has 3 atom stereocenters. The predicted molar refractivity (Wildman–Crippen MR) is 152 cm³/mol. The lowest BCUT2D eigenvalue weighted by Crippen LogP contribution is -2.40. The second kappa shape index (κ2) is 11.0. The van der Waals surface area contributed by atoms with Crippen molar-refractivity contribution in [3.8, 4) is 11.8 Å². The third-order valence-corrected chi connectivity index (χ3v) is 8.78. The van der Waals surface area contributed by atoms with Gasteiger partial charge in [0.25, 0.3) is 0 Å². The van der Waals surface area contributed by atoms with Crippen LogP contribution >= 0.6 is 11.6 Å². The molecule has 1 fully saturated rings. The van der Waals surface area contributed by atoms with E-state index in [1.54, 1.807) is 13.2 Å². The molecule has 1 N–H and O–H groups in total. The van der Waals surface area contributed by atoms with Crippen LogP contribution < -0.4 is 9.75 Å². The molecule has 3 unspecified atom stereocenters. The lowest BCUT2D eigenvalue weighted by Gasteiger charge is -2.34. The summed E-state index contributed by atoms with van der Waals surface area (Å²) in [5.41, 5.74) is 6.61. The molecule has 0 amide bonds. The third kappa shape index (κ3) is 5.03. The van der Waals surface area contributed by atoms with Crippen molar-refractivity contribution in [3.05, 3.63) is 93.5 Å². The highest BCUT2D eigenvalue weighted by atomic mass is 35.5. The van der Waals surface area contributed by atoms with Gasteiger partial charge < -0.3 is 14.6 Å². The molecule has 0 bridgehead atoms. The Morgan fingerprint density at radius 1 is 1.08 bits per heavy atom. The van der Waals surface area contributed by atoms with Gasteiger partial charge in [-0.25, -0.2) is 0 Å². The number of halogens is 1. The molecule has 3 aromatic carbocycles. The van der Waals surface area contributed by atoms with Crippen molar-refractivity contribution in [2.45, 2.75) is 57.5 Å². The molecule has 7 heteroatoms. The number of aryl methyl sites for hydroxylation is 1. The Balaban J connectivity index is 1.25. The zero-order valence-electron chi connectivity index (χ0n) is 22.0. The minimum Gasteiger partial charge on any atom is -0.497 e. The molecule has 0 radical (unpaired) electrons. The van der Waals surface area contributed by atoms with Crippen LogP contribution in [0.25, 0.3) is 0 Å². The smallest absolute Gasteiger partial charge is 0.181 e. The van der Waals surface area contributed by atoms with Crippen molar-refractivity contribution < 1.29 is 14.6 Å². The molecule has 1 saturated carbocycles. The van der Waals surface area contributed by atoms with Gasteiger partial charge in [-0.05, 0) is 73.1 Å². The molecular weight excluding hydrogens is 510 g/mol. The van der Waals surface area contributed by atoms with Gasteiger partial charge in [0.15, 0.2) is 6.29 Å². The lowest BCUT2D eigenvalue weighted by molar-refractivity contribution is -0.112. The second-order valence-corrected chi connectivity index (χ2v) is 11.1. The van der Waals surface area contributed by atoms with E-state index in [1.165, 1.54) is 31.2 Å². The van der Waals surface area contributed by atoms with E-state index in [0.29, 0.717) is 29.0 Å². The summed E-state index contributed by atoms with van der Waals surface area (Å²) in [4.78, 5) is 0. The lowest BCUT2D eigenvalue weighted by atomic mass is 9.74. The Morgan fingerprint density at radius 2 is 1.87 bits per heavy atom. The Morgan fingerprint density at radius 3 is 2.59 bits per heavy atom. The summed E-state index contributed by atoms with van der Waals surface area (Å²) in [7, 11) is 1.64. The van der Waals surface area contributed by atoms with Gasteiger partial charge in [-0.1, -0.05) is 54.8 Å². The number of fused-ring (bicyclic) bond motifs is 3. The van der Waals surface area contributed by atoms with E-state index in [4.69, 9.17) is 26.2 Å². The molecule has 39 heavy (non-hydrogen) atoms. The van der Waals surface area contributed by atoms with Crippen LogP contribution in [-0.4, -0.2) is 24.0 Å². The van der Waals surface area contributed by atoms with Gasteiger partial charge in [-0.3, -0.25) is 5.01 Å². The molecule has 0 spiro atoms. The average molecular weight is 542 g/mol. The fourth-order valence-electron chi connectivity index (χ4n) is 6.47. The first kappa shape index (κ1) is 25.9. The van der Waals surface area contributed by atoms with Gasteiger partial charge in [0.2, 0.25) is 0 Å². The number of aliphatic hydroxyl groups is 1. The van der Waals surface area contributed by atoms with Crippen LogP contribution in [0.4, 0.5) is 5.69 Å². The normalized spacial score (nSPS) is 21.2. The summed E-state index contributed by atoms with van der Waals surface area (Å²) in [6, 6.07) is 21.8. The molecule has 6 nitrogen and oxygen atoms in total. The summed E-state index contributed by atoms with van der Waals surface area (Å²) >= 11 is 6.44. The Labute approximate surface area is 234 Å². The molecule has 0 aromatic heterocycles. The van der Waals surface area contributed by atoms with Crippen molar-refractivity contribution in [1.82, 2.24) is 0 Å². The number of aliphatic hydroxyl groups excluding tert-OH is 1. The van der Waals surface area contributed by atoms with Crippen LogP contribution in [0.1, 0.15) is 66.2 Å². The minimum absolute atomic E-state index is 0.290. The van der Waals surface area contributed by atoms with E-state index >= 15 is 0 Å². The molecule has 2 aliphatic carbocycles.